The molecular formula is C14H10BrNO. The molecule has 0 heterocycles. The number of halogens is 1. The lowest BCUT2D eigenvalue weighted by Crippen LogP contribution is -1.91. The van der Waals surface area contributed by atoms with Crippen LogP contribution in [-0.4, -0.2) is 0 Å². The summed E-state index contributed by atoms with van der Waals surface area (Å²) in [6.45, 7) is 1.93. The van der Waals surface area contributed by atoms with Crippen LogP contribution in [0.25, 0.3) is 0 Å². The molecule has 2 nitrogen and oxygen atoms in total. The smallest absolute Gasteiger partial charge is 0.148 e. The van der Waals surface area contributed by atoms with Gasteiger partial charge < -0.3 is 4.74 Å². The maximum Gasteiger partial charge on any atom is 0.148 e. The second-order valence-corrected chi connectivity index (χ2v) is 4.54. The quantitative estimate of drug-likeness (QED) is 0.819. The average Bonchev–Trinajstić information content (AvgIpc) is 2.34. The van der Waals surface area contributed by atoms with Crippen LogP contribution in [0.15, 0.2) is 46.9 Å². The minimum Gasteiger partial charge on any atom is -0.456 e. The molecule has 0 aliphatic rings. The van der Waals surface area contributed by atoms with Gasteiger partial charge in [-0.15, -0.1) is 0 Å². The maximum absolute atomic E-state index is 9.03. The Labute approximate surface area is 109 Å². The normalized spacial score (nSPS) is 9.71. The van der Waals surface area contributed by atoms with E-state index in [4.69, 9.17) is 10.00 Å². The highest BCUT2D eigenvalue weighted by Gasteiger charge is 2.07. The van der Waals surface area contributed by atoms with Gasteiger partial charge in [-0.1, -0.05) is 28.1 Å². The molecule has 0 unspecified atom stereocenters. The minimum atomic E-state index is 0.549. The molecule has 0 saturated heterocycles. The fourth-order valence-corrected chi connectivity index (χ4v) is 1.76. The third kappa shape index (κ3) is 2.66. The van der Waals surface area contributed by atoms with E-state index in [1.807, 2.05) is 43.3 Å². The van der Waals surface area contributed by atoms with E-state index in [0.29, 0.717) is 11.3 Å². The molecule has 3 heteroatoms. The van der Waals surface area contributed by atoms with Crippen molar-refractivity contribution in [1.29, 1.82) is 5.26 Å². The Kier molecular flexibility index (Phi) is 3.46. The highest BCUT2D eigenvalue weighted by molar-refractivity contribution is 9.10. The van der Waals surface area contributed by atoms with E-state index in [0.717, 1.165) is 15.8 Å². The van der Waals surface area contributed by atoms with Crippen molar-refractivity contribution in [3.05, 3.63) is 58.1 Å². The molecule has 2 aromatic rings. The fourth-order valence-electron chi connectivity index (χ4n) is 1.50. The molecule has 0 amide bonds. The van der Waals surface area contributed by atoms with Gasteiger partial charge in [0.15, 0.2) is 0 Å². The van der Waals surface area contributed by atoms with E-state index in [-0.39, 0.29) is 0 Å². The number of rotatable bonds is 2. The SMILES string of the molecule is Cc1cccc(C#N)c1Oc1ccc(Br)cc1. The third-order valence-corrected chi connectivity index (χ3v) is 2.89. The molecule has 0 aliphatic heterocycles. The lowest BCUT2D eigenvalue weighted by molar-refractivity contribution is 0.477. The zero-order chi connectivity index (χ0) is 12.3. The molecule has 0 bridgehead atoms. The molecule has 2 aromatic carbocycles. The summed E-state index contributed by atoms with van der Waals surface area (Å²) < 4.78 is 6.74. The monoisotopic (exact) mass is 287 g/mol. The number of para-hydroxylation sites is 1. The standard InChI is InChI=1S/C14H10BrNO/c1-10-3-2-4-11(9-16)14(10)17-13-7-5-12(15)6-8-13/h2-8H,1H3. The van der Waals surface area contributed by atoms with Crippen molar-refractivity contribution in [2.45, 2.75) is 6.92 Å². The summed E-state index contributed by atoms with van der Waals surface area (Å²) in [5.74, 6) is 1.34. The zero-order valence-electron chi connectivity index (χ0n) is 9.27. The van der Waals surface area contributed by atoms with Gasteiger partial charge in [-0.25, -0.2) is 0 Å². The van der Waals surface area contributed by atoms with E-state index >= 15 is 0 Å². The van der Waals surface area contributed by atoms with Crippen molar-refractivity contribution >= 4 is 15.9 Å². The molecule has 0 fully saturated rings. The molecule has 0 saturated carbocycles. The lowest BCUT2D eigenvalue weighted by atomic mass is 10.1. The van der Waals surface area contributed by atoms with Gasteiger partial charge in [0.1, 0.15) is 17.6 Å². The average molecular weight is 288 g/mol. The first-order valence-corrected chi connectivity index (χ1v) is 5.93. The van der Waals surface area contributed by atoms with E-state index in [2.05, 4.69) is 22.0 Å². The number of nitrogens with zero attached hydrogens (tertiary/aromatic N) is 1. The Morgan fingerprint density at radius 3 is 2.47 bits per heavy atom. The van der Waals surface area contributed by atoms with Crippen LogP contribution in [0.3, 0.4) is 0 Å². The molecule has 0 aliphatic carbocycles. The highest BCUT2D eigenvalue weighted by atomic mass is 79.9. The lowest BCUT2D eigenvalue weighted by Gasteiger charge is -2.10. The van der Waals surface area contributed by atoms with Crippen molar-refractivity contribution in [3.63, 3.8) is 0 Å². The van der Waals surface area contributed by atoms with Gasteiger partial charge in [0.2, 0.25) is 0 Å². The number of hydrogen-bond acceptors (Lipinski definition) is 2. The number of ether oxygens (including phenoxy) is 1. The van der Waals surface area contributed by atoms with Gasteiger partial charge in [-0.3, -0.25) is 0 Å². The Balaban J connectivity index is 2.36. The molecule has 0 aromatic heterocycles. The van der Waals surface area contributed by atoms with E-state index in [1.165, 1.54) is 0 Å². The Morgan fingerprint density at radius 2 is 1.82 bits per heavy atom. The predicted octanol–water partition coefficient (Wildman–Crippen LogP) is 4.42. The molecule has 2 rings (SSSR count). The first-order valence-electron chi connectivity index (χ1n) is 5.14. The second-order valence-electron chi connectivity index (χ2n) is 3.62. The molecule has 0 radical (unpaired) electrons. The second kappa shape index (κ2) is 5.03. The Hall–Kier alpha value is -1.79. The van der Waals surface area contributed by atoms with Crippen LogP contribution in [-0.2, 0) is 0 Å². The summed E-state index contributed by atoms with van der Waals surface area (Å²) in [5.41, 5.74) is 1.50. The molecule has 0 spiro atoms. The van der Waals surface area contributed by atoms with Crippen LogP contribution < -0.4 is 4.74 Å². The summed E-state index contributed by atoms with van der Waals surface area (Å²) in [4.78, 5) is 0. The van der Waals surface area contributed by atoms with Crippen molar-refractivity contribution in [2.75, 3.05) is 0 Å². The van der Waals surface area contributed by atoms with Crippen molar-refractivity contribution in [3.8, 4) is 17.6 Å². The van der Waals surface area contributed by atoms with E-state index in [1.54, 1.807) is 6.07 Å². The van der Waals surface area contributed by atoms with Crippen molar-refractivity contribution in [2.24, 2.45) is 0 Å². The topological polar surface area (TPSA) is 33.0 Å². The summed E-state index contributed by atoms with van der Waals surface area (Å²) in [5, 5.41) is 9.03. The van der Waals surface area contributed by atoms with Gasteiger partial charge in [-0.2, -0.15) is 5.26 Å². The van der Waals surface area contributed by atoms with Crippen LogP contribution in [0, 0.1) is 18.3 Å². The predicted molar refractivity (Wildman–Crippen MR) is 70.1 cm³/mol. The first kappa shape index (κ1) is 11.7. The van der Waals surface area contributed by atoms with Crippen LogP contribution >= 0.6 is 15.9 Å². The highest BCUT2D eigenvalue weighted by Crippen LogP contribution is 2.29. The van der Waals surface area contributed by atoms with Gasteiger partial charge in [0, 0.05) is 4.47 Å². The van der Waals surface area contributed by atoms with Crippen LogP contribution in [0.5, 0.6) is 11.5 Å². The number of hydrogen-bond donors (Lipinski definition) is 0. The summed E-state index contributed by atoms with van der Waals surface area (Å²) in [6.07, 6.45) is 0. The van der Waals surface area contributed by atoms with Crippen LogP contribution in [0.1, 0.15) is 11.1 Å². The summed E-state index contributed by atoms with van der Waals surface area (Å²) >= 11 is 3.37. The van der Waals surface area contributed by atoms with Gasteiger partial charge >= 0.3 is 0 Å². The number of nitriles is 1. The van der Waals surface area contributed by atoms with Gasteiger partial charge in [-0.05, 0) is 42.8 Å². The zero-order valence-corrected chi connectivity index (χ0v) is 10.9. The molecule has 17 heavy (non-hydrogen) atoms. The Bertz CT molecular complexity index is 570. The molecule has 0 N–H and O–H groups in total. The first-order chi connectivity index (χ1) is 8.20. The number of aryl methyl sites for hydroxylation is 1. The summed E-state index contributed by atoms with van der Waals surface area (Å²) in [6, 6.07) is 15.2. The van der Waals surface area contributed by atoms with Gasteiger partial charge in [0.05, 0.1) is 5.56 Å². The largest absolute Gasteiger partial charge is 0.456 e. The van der Waals surface area contributed by atoms with Gasteiger partial charge in [0.25, 0.3) is 0 Å². The van der Waals surface area contributed by atoms with Crippen molar-refractivity contribution < 1.29 is 4.74 Å². The van der Waals surface area contributed by atoms with Crippen molar-refractivity contribution in [1.82, 2.24) is 0 Å². The molecule has 0 atom stereocenters. The molecular weight excluding hydrogens is 278 g/mol. The van der Waals surface area contributed by atoms with Crippen LogP contribution in [0.4, 0.5) is 0 Å². The van der Waals surface area contributed by atoms with E-state index < -0.39 is 0 Å². The maximum atomic E-state index is 9.03. The summed E-state index contributed by atoms with van der Waals surface area (Å²) in [7, 11) is 0. The van der Waals surface area contributed by atoms with E-state index in [9.17, 15) is 0 Å². The molecule has 84 valence electrons. The minimum absolute atomic E-state index is 0.549. The Morgan fingerprint density at radius 1 is 1.12 bits per heavy atom. The fraction of sp³-hybridized carbons (Fsp3) is 0.0714. The number of benzene rings is 2. The third-order valence-electron chi connectivity index (χ3n) is 2.37. The van der Waals surface area contributed by atoms with Crippen LogP contribution in [0.2, 0.25) is 0 Å².